The molecule has 4 rings (SSSR count). The Balaban J connectivity index is 1.57. The van der Waals surface area contributed by atoms with E-state index in [9.17, 15) is 21.9 Å². The molecule has 15 heteroatoms. The number of aromatic hydroxyl groups is 1. The molecule has 3 N–H and O–H groups in total. The van der Waals surface area contributed by atoms with Crippen LogP contribution in [0.5, 0.6) is 5.75 Å². The first-order chi connectivity index (χ1) is 20.8. The molecule has 4 aromatic carbocycles. The minimum atomic E-state index is -4.30. The van der Waals surface area contributed by atoms with E-state index in [1.807, 2.05) is 6.92 Å². The van der Waals surface area contributed by atoms with Gasteiger partial charge in [0.05, 0.1) is 44.8 Å². The number of rotatable bonds is 10. The van der Waals surface area contributed by atoms with Gasteiger partial charge in [0.1, 0.15) is 5.75 Å². The Morgan fingerprint density at radius 1 is 0.636 bits per heavy atom. The molecule has 226 valence electrons. The lowest BCUT2D eigenvalue weighted by atomic mass is 10.0. The Labute approximate surface area is 253 Å². The van der Waals surface area contributed by atoms with Crippen molar-refractivity contribution in [1.29, 1.82) is 0 Å². The summed E-state index contributed by atoms with van der Waals surface area (Å²) < 4.78 is 63.1. The topological polar surface area (TPSA) is 203 Å². The molecule has 0 heterocycles. The molecule has 0 aliphatic heterocycles. The summed E-state index contributed by atoms with van der Waals surface area (Å²) in [6, 6.07) is 19.9. The number of phenols is 1. The van der Waals surface area contributed by atoms with E-state index < -0.39 is 26.0 Å². The van der Waals surface area contributed by atoms with Crippen molar-refractivity contribution in [2.75, 3.05) is 5.75 Å². The van der Waals surface area contributed by atoms with E-state index in [0.717, 1.165) is 5.56 Å². The highest BCUT2D eigenvalue weighted by Gasteiger charge is 2.10. The lowest BCUT2D eigenvalue weighted by Crippen LogP contribution is -2.00. The minimum absolute atomic E-state index is 0.0870. The Morgan fingerprint density at radius 2 is 1.14 bits per heavy atom. The van der Waals surface area contributed by atoms with Gasteiger partial charge in [-0.1, -0.05) is 12.2 Å². The average Bonchev–Trinajstić information content (AvgIpc) is 2.96. The van der Waals surface area contributed by atoms with E-state index in [2.05, 4.69) is 30.7 Å². The molecular weight excluding hydrogens is 608 g/mol. The SMILES string of the molecule is Cc1cc(N=Nc2ccc(N=Nc3ccc(O)cc3)c(/C=C\CS(=O)(=O)O)c2C)ccc1N=Nc1ccc(S(=O)(=O)O)cc1. The summed E-state index contributed by atoms with van der Waals surface area (Å²) in [5.74, 6) is -0.505. The van der Waals surface area contributed by atoms with Crippen molar-refractivity contribution < 1.29 is 31.0 Å². The highest BCUT2D eigenvalue weighted by atomic mass is 32.2. The molecule has 0 saturated carbocycles. The molecule has 44 heavy (non-hydrogen) atoms. The van der Waals surface area contributed by atoms with Crippen LogP contribution in [0.25, 0.3) is 6.08 Å². The molecule has 0 aromatic heterocycles. The van der Waals surface area contributed by atoms with Crippen LogP contribution in [0.1, 0.15) is 16.7 Å². The summed E-state index contributed by atoms with van der Waals surface area (Å²) >= 11 is 0. The van der Waals surface area contributed by atoms with Crippen LogP contribution in [0.15, 0.2) is 121 Å². The van der Waals surface area contributed by atoms with Crippen molar-refractivity contribution >= 4 is 60.4 Å². The predicted molar refractivity (Wildman–Crippen MR) is 165 cm³/mol. The van der Waals surface area contributed by atoms with Crippen LogP contribution in [0.2, 0.25) is 0 Å². The Morgan fingerprint density at radius 3 is 1.73 bits per heavy atom. The van der Waals surface area contributed by atoms with Gasteiger partial charge in [-0.15, -0.1) is 5.11 Å². The van der Waals surface area contributed by atoms with Crippen molar-refractivity contribution in [2.24, 2.45) is 30.7 Å². The molecule has 4 aromatic rings. The molecule has 0 amide bonds. The Bertz CT molecular complexity index is 2010. The second-order valence-electron chi connectivity index (χ2n) is 9.35. The zero-order valence-corrected chi connectivity index (χ0v) is 25.0. The van der Waals surface area contributed by atoms with Crippen LogP contribution < -0.4 is 0 Å². The highest BCUT2D eigenvalue weighted by Crippen LogP contribution is 2.34. The smallest absolute Gasteiger partial charge is 0.294 e. The van der Waals surface area contributed by atoms with Crippen molar-refractivity contribution in [2.45, 2.75) is 18.7 Å². The third kappa shape index (κ3) is 9.02. The molecule has 13 nitrogen and oxygen atoms in total. The van der Waals surface area contributed by atoms with E-state index in [1.165, 1.54) is 48.6 Å². The van der Waals surface area contributed by atoms with Gasteiger partial charge in [0.25, 0.3) is 20.2 Å². The highest BCUT2D eigenvalue weighted by molar-refractivity contribution is 7.86. The number of benzene rings is 4. The van der Waals surface area contributed by atoms with Crippen molar-refractivity contribution in [3.05, 3.63) is 102 Å². The second-order valence-corrected chi connectivity index (χ2v) is 12.3. The summed E-state index contributed by atoms with van der Waals surface area (Å²) in [6.45, 7) is 3.57. The van der Waals surface area contributed by atoms with Gasteiger partial charge in [0.2, 0.25) is 0 Å². The Hall–Kier alpha value is -4.96. The number of hydrogen-bond acceptors (Lipinski definition) is 11. The molecular formula is C29H26N6O7S2. The molecule has 0 atom stereocenters. The summed E-state index contributed by atoms with van der Waals surface area (Å²) in [7, 11) is -8.52. The molecule has 0 bridgehead atoms. The van der Waals surface area contributed by atoms with Gasteiger partial charge in [0.15, 0.2) is 0 Å². The van der Waals surface area contributed by atoms with Crippen LogP contribution in [0.3, 0.4) is 0 Å². The van der Waals surface area contributed by atoms with Gasteiger partial charge in [-0.2, -0.15) is 42.4 Å². The van der Waals surface area contributed by atoms with Gasteiger partial charge < -0.3 is 5.11 Å². The standard InChI is InChI=1S/C29H26N6O7S2/c1-19-18-23(9-14-27(19)33-30-22-7-12-25(13-8-22)44(40,41)42)32-34-28-15-16-29(35-31-21-5-10-24(36)11-6-21)26(20(28)2)4-3-17-43(37,38)39/h3-16,18,36H,17H2,1-2H3,(H,37,38,39)(H,40,41,42)/b4-3-,33-30?,34-32?,35-31?. The molecule has 0 fully saturated rings. The van der Waals surface area contributed by atoms with Crippen molar-refractivity contribution in [3.63, 3.8) is 0 Å². The zero-order valence-electron chi connectivity index (χ0n) is 23.3. The van der Waals surface area contributed by atoms with E-state index >= 15 is 0 Å². The molecule has 0 radical (unpaired) electrons. The van der Waals surface area contributed by atoms with Crippen molar-refractivity contribution in [1.82, 2.24) is 0 Å². The lowest BCUT2D eigenvalue weighted by molar-refractivity contribution is 0.475. The van der Waals surface area contributed by atoms with Crippen molar-refractivity contribution in [3.8, 4) is 5.75 Å². The minimum Gasteiger partial charge on any atom is -0.508 e. The van der Waals surface area contributed by atoms with Crippen LogP contribution in [0, 0.1) is 13.8 Å². The van der Waals surface area contributed by atoms with E-state index in [1.54, 1.807) is 49.4 Å². The largest absolute Gasteiger partial charge is 0.508 e. The van der Waals surface area contributed by atoms with E-state index in [-0.39, 0.29) is 10.6 Å². The zero-order chi connectivity index (χ0) is 31.9. The Kier molecular flexibility index (Phi) is 9.85. The van der Waals surface area contributed by atoms with Gasteiger partial charge in [-0.05, 0) is 104 Å². The summed E-state index contributed by atoms with van der Waals surface area (Å²) in [4.78, 5) is -0.244. The average molecular weight is 635 g/mol. The maximum absolute atomic E-state index is 11.2. The van der Waals surface area contributed by atoms with Crippen LogP contribution in [-0.4, -0.2) is 36.8 Å². The fourth-order valence-electron chi connectivity index (χ4n) is 3.75. The first-order valence-corrected chi connectivity index (χ1v) is 15.8. The molecule has 0 saturated heterocycles. The van der Waals surface area contributed by atoms with Gasteiger partial charge in [0, 0.05) is 5.56 Å². The second kappa shape index (κ2) is 13.6. The molecule has 0 spiro atoms. The number of aryl methyl sites for hydroxylation is 1. The number of nitrogens with zero attached hydrogens (tertiary/aromatic N) is 6. The third-order valence-corrected chi connectivity index (χ3v) is 7.52. The normalized spacial score (nSPS) is 12.7. The van der Waals surface area contributed by atoms with Crippen LogP contribution in [-0.2, 0) is 20.2 Å². The number of azo groups is 3. The lowest BCUT2D eigenvalue weighted by Gasteiger charge is -2.08. The van der Waals surface area contributed by atoms with Gasteiger partial charge in [-0.25, -0.2) is 0 Å². The van der Waals surface area contributed by atoms with E-state index in [4.69, 9.17) is 9.11 Å². The maximum Gasteiger partial charge on any atom is 0.294 e. The predicted octanol–water partition coefficient (Wildman–Crippen LogP) is 8.40. The van der Waals surface area contributed by atoms with Gasteiger partial charge in [-0.3, -0.25) is 9.11 Å². The van der Waals surface area contributed by atoms with Gasteiger partial charge >= 0.3 is 0 Å². The molecule has 0 aliphatic carbocycles. The maximum atomic E-state index is 11.2. The van der Waals surface area contributed by atoms with Crippen LogP contribution >= 0.6 is 0 Å². The molecule has 0 unspecified atom stereocenters. The monoisotopic (exact) mass is 634 g/mol. The first kappa shape index (κ1) is 32.0. The molecule has 0 aliphatic rings. The summed E-state index contributed by atoms with van der Waals surface area (Å²) in [6.07, 6.45) is 2.80. The van der Waals surface area contributed by atoms with Crippen LogP contribution in [0.4, 0.5) is 34.1 Å². The summed E-state index contributed by atoms with van der Waals surface area (Å²) in [5, 5.41) is 34.9. The fourth-order valence-corrected chi connectivity index (χ4v) is 4.57. The van der Waals surface area contributed by atoms with E-state index in [0.29, 0.717) is 45.3 Å². The fraction of sp³-hybridized carbons (Fsp3) is 0.103. The summed E-state index contributed by atoms with van der Waals surface area (Å²) in [5.41, 5.74) is 4.75. The quantitative estimate of drug-likeness (QED) is 0.115. The first-order valence-electron chi connectivity index (χ1n) is 12.8. The number of phenolic OH excluding ortho intramolecular Hbond substituents is 1. The third-order valence-electron chi connectivity index (χ3n) is 6.04. The number of hydrogen-bond donors (Lipinski definition) is 3.